The van der Waals surface area contributed by atoms with E-state index < -0.39 is 27.4 Å². The van der Waals surface area contributed by atoms with E-state index in [1.807, 2.05) is 18.2 Å². The maximum atomic E-state index is 11.9. The van der Waals surface area contributed by atoms with Gasteiger partial charge < -0.3 is 25.1 Å². The first-order valence-electron chi connectivity index (χ1n) is 11.2. The Bertz CT molecular complexity index is 770. The van der Waals surface area contributed by atoms with Crippen LogP contribution in [0, 0.1) is 11.8 Å². The number of nitrogens with one attached hydrogen (secondary N) is 1. The molecule has 0 fully saturated rings. The third-order valence-corrected chi connectivity index (χ3v) is 7.41. The first-order chi connectivity index (χ1) is 15.0. The molecule has 0 spiro atoms. The van der Waals surface area contributed by atoms with E-state index in [0.717, 1.165) is 18.4 Å². The minimum atomic E-state index is -3.44. The predicted octanol–water partition coefficient (Wildman–Crippen LogP) is 2.33. The molecule has 0 aliphatic carbocycles. The van der Waals surface area contributed by atoms with Crippen molar-refractivity contribution >= 4 is 10.0 Å². The molecule has 0 aromatic heterocycles. The van der Waals surface area contributed by atoms with E-state index in [9.17, 15) is 13.5 Å². The summed E-state index contributed by atoms with van der Waals surface area (Å²) in [5.74, 6) is 1.90. The standard InChI is InChI=1S/C23H42N2O6S/c1-16(2)19(14-20(24)21(26)15-25-32(27,28)17(3)4)12-18-8-9-22(30-6)23(13-18)31-11-7-10-29-5/h8-9,13,16-17,19-21,25-26H,7,10-12,14-15,24H2,1-6H3/t19-,20-,21-/m0/s1. The molecule has 9 heteroatoms. The molecule has 1 aromatic carbocycles. The molecule has 1 aromatic rings. The van der Waals surface area contributed by atoms with Crippen LogP contribution in [0.3, 0.4) is 0 Å². The molecule has 0 radical (unpaired) electrons. The highest BCUT2D eigenvalue weighted by atomic mass is 32.2. The van der Waals surface area contributed by atoms with E-state index in [1.165, 1.54) is 0 Å². The fourth-order valence-corrected chi connectivity index (χ4v) is 4.00. The van der Waals surface area contributed by atoms with Crippen molar-refractivity contribution in [2.45, 2.75) is 64.4 Å². The van der Waals surface area contributed by atoms with Crippen LogP contribution in [-0.2, 0) is 21.2 Å². The van der Waals surface area contributed by atoms with Gasteiger partial charge in [-0.05, 0) is 56.2 Å². The predicted molar refractivity (Wildman–Crippen MR) is 128 cm³/mol. The summed E-state index contributed by atoms with van der Waals surface area (Å²) in [7, 11) is -0.168. The van der Waals surface area contributed by atoms with Crippen LogP contribution in [0.5, 0.6) is 11.5 Å². The number of methoxy groups -OCH3 is 2. The number of sulfonamides is 1. The second-order valence-electron chi connectivity index (χ2n) is 8.80. The van der Waals surface area contributed by atoms with Crippen LogP contribution >= 0.6 is 0 Å². The Morgan fingerprint density at radius 2 is 1.78 bits per heavy atom. The molecule has 186 valence electrons. The molecule has 0 aliphatic rings. The van der Waals surface area contributed by atoms with Gasteiger partial charge in [-0.25, -0.2) is 13.1 Å². The summed E-state index contributed by atoms with van der Waals surface area (Å²) >= 11 is 0. The van der Waals surface area contributed by atoms with Gasteiger partial charge in [0.15, 0.2) is 11.5 Å². The Morgan fingerprint density at radius 3 is 2.34 bits per heavy atom. The third-order valence-electron chi connectivity index (χ3n) is 5.60. The number of nitrogens with two attached hydrogens (primary N) is 1. The Kier molecular flexibility index (Phi) is 12.5. The van der Waals surface area contributed by atoms with E-state index >= 15 is 0 Å². The van der Waals surface area contributed by atoms with Crippen LogP contribution in [0.4, 0.5) is 0 Å². The highest BCUT2D eigenvalue weighted by Gasteiger charge is 2.25. The minimum absolute atomic E-state index is 0.0888. The van der Waals surface area contributed by atoms with Crippen LogP contribution in [0.2, 0.25) is 0 Å². The lowest BCUT2D eigenvalue weighted by Gasteiger charge is -2.27. The lowest BCUT2D eigenvalue weighted by Crippen LogP contribution is -2.46. The van der Waals surface area contributed by atoms with Crippen molar-refractivity contribution < 1.29 is 27.7 Å². The minimum Gasteiger partial charge on any atom is -0.493 e. The topological polar surface area (TPSA) is 120 Å². The van der Waals surface area contributed by atoms with Crippen LogP contribution in [0.15, 0.2) is 18.2 Å². The average Bonchev–Trinajstić information content (AvgIpc) is 2.74. The first-order valence-corrected chi connectivity index (χ1v) is 12.8. The molecule has 3 atom stereocenters. The summed E-state index contributed by atoms with van der Waals surface area (Å²) in [5, 5.41) is 9.85. The lowest BCUT2D eigenvalue weighted by atomic mass is 9.83. The SMILES string of the molecule is COCCCOc1cc(C[C@@H](C[C@H](N)[C@@H](O)CNS(=O)(=O)C(C)C)C(C)C)ccc1OC. The van der Waals surface area contributed by atoms with Gasteiger partial charge in [0.1, 0.15) is 0 Å². The van der Waals surface area contributed by atoms with Crippen molar-refractivity contribution in [3.63, 3.8) is 0 Å². The second kappa shape index (κ2) is 14.0. The number of hydrogen-bond donors (Lipinski definition) is 3. The van der Waals surface area contributed by atoms with Crippen molar-refractivity contribution in [2.24, 2.45) is 17.6 Å². The molecule has 32 heavy (non-hydrogen) atoms. The second-order valence-corrected chi connectivity index (χ2v) is 11.1. The van der Waals surface area contributed by atoms with E-state index in [-0.39, 0.29) is 12.5 Å². The molecule has 0 aliphatic heterocycles. The lowest BCUT2D eigenvalue weighted by molar-refractivity contribution is 0.129. The molecule has 8 nitrogen and oxygen atoms in total. The van der Waals surface area contributed by atoms with Gasteiger partial charge in [0.05, 0.1) is 25.1 Å². The fourth-order valence-electron chi connectivity index (χ4n) is 3.27. The van der Waals surface area contributed by atoms with Gasteiger partial charge in [0.2, 0.25) is 10.0 Å². The quantitative estimate of drug-likeness (QED) is 0.315. The zero-order valence-corrected chi connectivity index (χ0v) is 21.2. The molecule has 0 saturated carbocycles. The third kappa shape index (κ3) is 9.62. The normalized spacial score (nSPS) is 15.1. The van der Waals surface area contributed by atoms with E-state index in [2.05, 4.69) is 18.6 Å². The average molecular weight is 475 g/mol. The largest absolute Gasteiger partial charge is 0.493 e. The molecular weight excluding hydrogens is 432 g/mol. The van der Waals surface area contributed by atoms with Gasteiger partial charge in [0.25, 0.3) is 0 Å². The Hall–Kier alpha value is -1.39. The maximum absolute atomic E-state index is 11.9. The van der Waals surface area contributed by atoms with E-state index in [4.69, 9.17) is 19.9 Å². The van der Waals surface area contributed by atoms with Crippen molar-refractivity contribution in [1.82, 2.24) is 4.72 Å². The van der Waals surface area contributed by atoms with Crippen molar-refractivity contribution in [2.75, 3.05) is 34.0 Å². The smallest absolute Gasteiger partial charge is 0.214 e. The van der Waals surface area contributed by atoms with Gasteiger partial charge in [-0.1, -0.05) is 19.9 Å². The fraction of sp³-hybridized carbons (Fsp3) is 0.739. The molecule has 0 bridgehead atoms. The van der Waals surface area contributed by atoms with Crippen LogP contribution in [0.1, 0.15) is 46.1 Å². The zero-order chi connectivity index (χ0) is 24.3. The van der Waals surface area contributed by atoms with Gasteiger partial charge in [-0.2, -0.15) is 0 Å². The van der Waals surface area contributed by atoms with Crippen LogP contribution in [-0.4, -0.2) is 64.9 Å². The first kappa shape index (κ1) is 28.6. The van der Waals surface area contributed by atoms with Gasteiger partial charge in [0, 0.05) is 32.7 Å². The van der Waals surface area contributed by atoms with E-state index in [1.54, 1.807) is 28.1 Å². The van der Waals surface area contributed by atoms with Crippen molar-refractivity contribution in [3.05, 3.63) is 23.8 Å². The highest BCUT2D eigenvalue weighted by molar-refractivity contribution is 7.90. The summed E-state index contributed by atoms with van der Waals surface area (Å²) in [6.07, 6.45) is 1.15. The summed E-state index contributed by atoms with van der Waals surface area (Å²) in [5.41, 5.74) is 7.33. The number of hydrogen-bond acceptors (Lipinski definition) is 7. The summed E-state index contributed by atoms with van der Waals surface area (Å²) in [6, 6.07) is 5.35. The summed E-state index contributed by atoms with van der Waals surface area (Å²) in [4.78, 5) is 0. The molecule has 4 N–H and O–H groups in total. The molecule has 0 amide bonds. The molecule has 0 saturated heterocycles. The maximum Gasteiger partial charge on any atom is 0.214 e. The Labute approximate surface area is 193 Å². The zero-order valence-electron chi connectivity index (χ0n) is 20.3. The number of benzene rings is 1. The van der Waals surface area contributed by atoms with Crippen molar-refractivity contribution in [1.29, 1.82) is 0 Å². The number of rotatable bonds is 16. The Balaban J connectivity index is 2.79. The Morgan fingerprint density at radius 1 is 1.09 bits per heavy atom. The molecule has 0 heterocycles. The van der Waals surface area contributed by atoms with Crippen LogP contribution < -0.4 is 19.9 Å². The number of ether oxygens (including phenoxy) is 3. The monoisotopic (exact) mass is 474 g/mol. The molecule has 0 unspecified atom stereocenters. The van der Waals surface area contributed by atoms with Gasteiger partial charge in [-0.3, -0.25) is 0 Å². The number of aliphatic hydroxyl groups excluding tert-OH is 1. The van der Waals surface area contributed by atoms with Gasteiger partial charge in [-0.15, -0.1) is 0 Å². The number of aliphatic hydroxyl groups is 1. The van der Waals surface area contributed by atoms with Crippen LogP contribution in [0.25, 0.3) is 0 Å². The van der Waals surface area contributed by atoms with E-state index in [0.29, 0.717) is 37.1 Å². The molecule has 1 rings (SSSR count). The summed E-state index contributed by atoms with van der Waals surface area (Å²) < 4.78 is 42.7. The highest BCUT2D eigenvalue weighted by Crippen LogP contribution is 2.31. The summed E-state index contributed by atoms with van der Waals surface area (Å²) in [6.45, 7) is 8.50. The van der Waals surface area contributed by atoms with Crippen molar-refractivity contribution in [3.8, 4) is 11.5 Å². The van der Waals surface area contributed by atoms with Gasteiger partial charge >= 0.3 is 0 Å². The molecular formula is C23H42N2O6S.